The second-order valence-electron chi connectivity index (χ2n) is 6.77. The maximum atomic E-state index is 12.9. The number of ether oxygens (including phenoxy) is 2. The summed E-state index contributed by atoms with van der Waals surface area (Å²) >= 11 is 0. The molecule has 0 saturated heterocycles. The molecule has 0 aliphatic heterocycles. The van der Waals surface area contributed by atoms with Crippen molar-refractivity contribution in [3.63, 3.8) is 0 Å². The van der Waals surface area contributed by atoms with Crippen LogP contribution in [0, 0.1) is 5.82 Å². The van der Waals surface area contributed by atoms with Crippen LogP contribution in [0.1, 0.15) is 49.9 Å². The number of rotatable bonds is 12. The zero-order valence-electron chi connectivity index (χ0n) is 17.5. The standard InChI is InChI=1S/C23H29FN2O4/c1-3-14-29-20-12-11-19(16-21(20)30-15-4-2)26-22(27)6-5-13-25-23(28)17-7-9-18(24)10-8-17/h7-12,16H,3-6,13-15H2,1-2H3,(H,25,28)(H,26,27). The topological polar surface area (TPSA) is 76.7 Å². The predicted octanol–water partition coefficient (Wildman–Crippen LogP) is 4.55. The minimum Gasteiger partial charge on any atom is -0.490 e. The Balaban J connectivity index is 1.80. The zero-order valence-corrected chi connectivity index (χ0v) is 17.5. The largest absolute Gasteiger partial charge is 0.490 e. The van der Waals surface area contributed by atoms with E-state index in [1.165, 1.54) is 24.3 Å². The lowest BCUT2D eigenvalue weighted by atomic mass is 10.2. The van der Waals surface area contributed by atoms with Gasteiger partial charge in [0.2, 0.25) is 5.91 Å². The average Bonchev–Trinajstić information content (AvgIpc) is 2.75. The number of hydrogen-bond donors (Lipinski definition) is 2. The zero-order chi connectivity index (χ0) is 21.8. The van der Waals surface area contributed by atoms with Crippen molar-refractivity contribution < 1.29 is 23.5 Å². The number of carbonyl (C=O) groups excluding carboxylic acids is 2. The van der Waals surface area contributed by atoms with Gasteiger partial charge in [-0.15, -0.1) is 0 Å². The van der Waals surface area contributed by atoms with E-state index in [1.807, 2.05) is 13.8 Å². The Kier molecular flexibility index (Phi) is 9.64. The highest BCUT2D eigenvalue weighted by Crippen LogP contribution is 2.31. The molecule has 2 N–H and O–H groups in total. The summed E-state index contributed by atoms with van der Waals surface area (Å²) in [5.74, 6) is 0.420. The van der Waals surface area contributed by atoms with Crippen molar-refractivity contribution in [1.82, 2.24) is 5.32 Å². The first kappa shape index (κ1) is 23.2. The van der Waals surface area contributed by atoms with Crippen LogP contribution in [0.25, 0.3) is 0 Å². The first-order valence-corrected chi connectivity index (χ1v) is 10.3. The van der Waals surface area contributed by atoms with Gasteiger partial charge in [0, 0.05) is 30.3 Å². The fourth-order valence-electron chi connectivity index (χ4n) is 2.62. The lowest BCUT2D eigenvalue weighted by molar-refractivity contribution is -0.116. The van der Waals surface area contributed by atoms with Gasteiger partial charge in [-0.1, -0.05) is 13.8 Å². The summed E-state index contributed by atoms with van der Waals surface area (Å²) in [6, 6.07) is 10.6. The molecule has 0 saturated carbocycles. The van der Waals surface area contributed by atoms with E-state index in [-0.39, 0.29) is 18.2 Å². The fourth-order valence-corrected chi connectivity index (χ4v) is 2.62. The van der Waals surface area contributed by atoms with Gasteiger partial charge < -0.3 is 20.1 Å². The van der Waals surface area contributed by atoms with Crippen molar-refractivity contribution in [1.29, 1.82) is 0 Å². The van der Waals surface area contributed by atoms with Gasteiger partial charge in [0.25, 0.3) is 5.91 Å². The Morgan fingerprint density at radius 1 is 0.933 bits per heavy atom. The first-order chi connectivity index (χ1) is 14.5. The molecule has 0 aromatic heterocycles. The summed E-state index contributed by atoms with van der Waals surface area (Å²) in [5, 5.41) is 5.56. The van der Waals surface area contributed by atoms with E-state index in [9.17, 15) is 14.0 Å². The van der Waals surface area contributed by atoms with Gasteiger partial charge in [0.15, 0.2) is 11.5 Å². The molecular weight excluding hydrogens is 387 g/mol. The lowest BCUT2D eigenvalue weighted by Crippen LogP contribution is -2.25. The number of hydrogen-bond acceptors (Lipinski definition) is 4. The molecule has 2 rings (SSSR count). The lowest BCUT2D eigenvalue weighted by Gasteiger charge is -2.14. The van der Waals surface area contributed by atoms with Crippen LogP contribution < -0.4 is 20.1 Å². The number of halogens is 1. The van der Waals surface area contributed by atoms with Crippen LogP contribution in [0.15, 0.2) is 42.5 Å². The number of benzene rings is 2. The molecule has 162 valence electrons. The van der Waals surface area contributed by atoms with Crippen molar-refractivity contribution in [2.45, 2.75) is 39.5 Å². The van der Waals surface area contributed by atoms with E-state index in [0.29, 0.717) is 48.9 Å². The SMILES string of the molecule is CCCOc1ccc(NC(=O)CCCNC(=O)c2ccc(F)cc2)cc1OCCC. The normalized spacial score (nSPS) is 10.4. The van der Waals surface area contributed by atoms with Gasteiger partial charge >= 0.3 is 0 Å². The van der Waals surface area contributed by atoms with E-state index in [4.69, 9.17) is 9.47 Å². The Morgan fingerprint density at radius 3 is 2.27 bits per heavy atom. The van der Waals surface area contributed by atoms with Crippen molar-refractivity contribution in [3.8, 4) is 11.5 Å². The second kappa shape index (κ2) is 12.5. The Bertz CT molecular complexity index is 824. The smallest absolute Gasteiger partial charge is 0.251 e. The third-order valence-corrected chi connectivity index (χ3v) is 4.12. The van der Waals surface area contributed by atoms with Crippen LogP contribution in [0.2, 0.25) is 0 Å². The average molecular weight is 416 g/mol. The highest BCUT2D eigenvalue weighted by atomic mass is 19.1. The van der Waals surface area contributed by atoms with Crippen molar-refractivity contribution >= 4 is 17.5 Å². The molecule has 30 heavy (non-hydrogen) atoms. The fraction of sp³-hybridized carbons (Fsp3) is 0.391. The van der Waals surface area contributed by atoms with Crippen molar-refractivity contribution in [2.75, 3.05) is 25.1 Å². The molecule has 2 amide bonds. The van der Waals surface area contributed by atoms with Crippen LogP contribution in [0.5, 0.6) is 11.5 Å². The third kappa shape index (κ3) is 7.73. The molecule has 2 aromatic carbocycles. The molecular formula is C23H29FN2O4. The summed E-state index contributed by atoms with van der Waals surface area (Å²) in [6.45, 7) is 5.56. The molecule has 0 unspecified atom stereocenters. The monoisotopic (exact) mass is 416 g/mol. The molecule has 0 fully saturated rings. The highest BCUT2D eigenvalue weighted by Gasteiger charge is 2.10. The maximum Gasteiger partial charge on any atom is 0.251 e. The molecule has 0 bridgehead atoms. The minimum absolute atomic E-state index is 0.158. The van der Waals surface area contributed by atoms with Gasteiger partial charge in [0.1, 0.15) is 5.82 Å². The minimum atomic E-state index is -0.392. The van der Waals surface area contributed by atoms with E-state index >= 15 is 0 Å². The Morgan fingerprint density at radius 2 is 1.60 bits per heavy atom. The molecule has 0 atom stereocenters. The van der Waals surface area contributed by atoms with Crippen molar-refractivity contribution in [3.05, 3.63) is 53.8 Å². The van der Waals surface area contributed by atoms with Crippen LogP contribution >= 0.6 is 0 Å². The summed E-state index contributed by atoms with van der Waals surface area (Å²) in [4.78, 5) is 24.2. The van der Waals surface area contributed by atoms with Gasteiger partial charge in [-0.3, -0.25) is 9.59 Å². The van der Waals surface area contributed by atoms with Crippen LogP contribution in [0.4, 0.5) is 10.1 Å². The van der Waals surface area contributed by atoms with E-state index in [2.05, 4.69) is 10.6 Å². The van der Waals surface area contributed by atoms with Crippen LogP contribution in [-0.4, -0.2) is 31.6 Å². The molecule has 6 nitrogen and oxygen atoms in total. The number of carbonyl (C=O) groups is 2. The van der Waals surface area contributed by atoms with E-state index in [0.717, 1.165) is 12.8 Å². The predicted molar refractivity (Wildman–Crippen MR) is 115 cm³/mol. The number of anilines is 1. The van der Waals surface area contributed by atoms with Crippen LogP contribution in [0.3, 0.4) is 0 Å². The molecule has 0 spiro atoms. The summed E-state index contributed by atoms with van der Waals surface area (Å²) in [7, 11) is 0. The molecule has 0 radical (unpaired) electrons. The molecule has 7 heteroatoms. The second-order valence-corrected chi connectivity index (χ2v) is 6.77. The third-order valence-electron chi connectivity index (χ3n) is 4.12. The Hall–Kier alpha value is -3.09. The number of amides is 2. The number of nitrogens with one attached hydrogen (secondary N) is 2. The quantitative estimate of drug-likeness (QED) is 0.498. The van der Waals surface area contributed by atoms with Gasteiger partial charge in [0.05, 0.1) is 13.2 Å². The summed E-state index contributed by atoms with van der Waals surface area (Å²) in [5.41, 5.74) is 1.01. The van der Waals surface area contributed by atoms with E-state index < -0.39 is 5.82 Å². The van der Waals surface area contributed by atoms with Gasteiger partial charge in [-0.05, 0) is 55.7 Å². The summed E-state index contributed by atoms with van der Waals surface area (Å²) in [6.07, 6.45) is 2.50. The Labute approximate surface area is 176 Å². The summed E-state index contributed by atoms with van der Waals surface area (Å²) < 4.78 is 24.3. The van der Waals surface area contributed by atoms with Crippen LogP contribution in [-0.2, 0) is 4.79 Å². The molecule has 0 heterocycles. The van der Waals surface area contributed by atoms with Crippen molar-refractivity contribution in [2.24, 2.45) is 0 Å². The molecule has 0 aliphatic rings. The first-order valence-electron chi connectivity index (χ1n) is 10.3. The highest BCUT2D eigenvalue weighted by molar-refractivity contribution is 5.94. The molecule has 0 aliphatic carbocycles. The molecule has 2 aromatic rings. The van der Waals surface area contributed by atoms with E-state index in [1.54, 1.807) is 18.2 Å². The maximum absolute atomic E-state index is 12.9. The van der Waals surface area contributed by atoms with Gasteiger partial charge in [-0.25, -0.2) is 4.39 Å². The van der Waals surface area contributed by atoms with Gasteiger partial charge in [-0.2, -0.15) is 0 Å².